The summed E-state index contributed by atoms with van der Waals surface area (Å²) in [6.45, 7) is 4.44. The van der Waals surface area contributed by atoms with Crippen LogP contribution < -0.4 is 0 Å². The first-order valence-electron chi connectivity index (χ1n) is 6.22. The summed E-state index contributed by atoms with van der Waals surface area (Å²) < 4.78 is 16.4. The smallest absolute Gasteiger partial charge is 0.302 e. The number of carbonyl (C=O) groups excluding carboxylic acids is 1. The van der Waals surface area contributed by atoms with Crippen molar-refractivity contribution < 1.29 is 19.0 Å². The average molecular weight is 240 g/mol. The van der Waals surface area contributed by atoms with Crippen LogP contribution in [0.15, 0.2) is 12.2 Å². The zero-order valence-electron chi connectivity index (χ0n) is 10.4. The molecule has 96 valence electrons. The first-order chi connectivity index (χ1) is 8.16. The van der Waals surface area contributed by atoms with Gasteiger partial charge in [0.05, 0.1) is 6.61 Å². The molecular weight excluding hydrogens is 220 g/mol. The van der Waals surface area contributed by atoms with Crippen LogP contribution in [0.2, 0.25) is 0 Å². The number of carbonyl (C=O) groups is 1. The monoisotopic (exact) mass is 240 g/mol. The highest BCUT2D eigenvalue weighted by molar-refractivity contribution is 5.65. The number of esters is 1. The minimum absolute atomic E-state index is 0.109. The first kappa shape index (κ1) is 12.6. The van der Waals surface area contributed by atoms with Crippen molar-refractivity contribution in [3.05, 3.63) is 12.2 Å². The van der Waals surface area contributed by atoms with Gasteiger partial charge in [-0.15, -0.1) is 0 Å². The Labute approximate surface area is 102 Å². The molecule has 2 rings (SSSR count). The maximum atomic E-state index is 10.7. The summed E-state index contributed by atoms with van der Waals surface area (Å²) in [5, 5.41) is 0. The van der Waals surface area contributed by atoms with Gasteiger partial charge in [-0.25, -0.2) is 0 Å². The Kier molecular flexibility index (Phi) is 4.18. The van der Waals surface area contributed by atoms with Gasteiger partial charge in [-0.3, -0.25) is 4.79 Å². The first-order valence-corrected chi connectivity index (χ1v) is 6.22. The molecule has 4 nitrogen and oxygen atoms in total. The summed E-state index contributed by atoms with van der Waals surface area (Å²) in [6.07, 6.45) is 6.25. The Morgan fingerprint density at radius 1 is 1.41 bits per heavy atom. The molecule has 0 aromatic heterocycles. The fourth-order valence-corrected chi connectivity index (χ4v) is 2.34. The molecule has 1 heterocycles. The van der Waals surface area contributed by atoms with E-state index in [1.165, 1.54) is 6.92 Å². The van der Waals surface area contributed by atoms with Gasteiger partial charge in [0.15, 0.2) is 6.29 Å². The van der Waals surface area contributed by atoms with Crippen LogP contribution >= 0.6 is 0 Å². The number of hydrogen-bond acceptors (Lipinski definition) is 4. The molecule has 1 aliphatic heterocycles. The summed E-state index contributed by atoms with van der Waals surface area (Å²) in [6, 6.07) is 0. The van der Waals surface area contributed by atoms with Crippen LogP contribution in [0.25, 0.3) is 0 Å². The van der Waals surface area contributed by atoms with Crippen molar-refractivity contribution in [1.29, 1.82) is 0 Å². The Morgan fingerprint density at radius 3 is 2.88 bits per heavy atom. The maximum Gasteiger partial charge on any atom is 0.302 e. The van der Waals surface area contributed by atoms with Gasteiger partial charge in [-0.05, 0) is 18.8 Å². The van der Waals surface area contributed by atoms with Crippen LogP contribution in [0, 0.1) is 11.8 Å². The van der Waals surface area contributed by atoms with Gasteiger partial charge in [0, 0.05) is 12.8 Å². The highest BCUT2D eigenvalue weighted by Gasteiger charge is 2.35. The fraction of sp³-hybridized carbons (Fsp3) is 0.769. The minimum atomic E-state index is -0.272. The molecule has 1 fully saturated rings. The molecule has 0 unspecified atom stereocenters. The van der Waals surface area contributed by atoms with Crippen LogP contribution in [0.5, 0.6) is 0 Å². The molecule has 0 spiro atoms. The lowest BCUT2D eigenvalue weighted by atomic mass is 9.84. The van der Waals surface area contributed by atoms with Gasteiger partial charge in [0.25, 0.3) is 0 Å². The second kappa shape index (κ2) is 5.65. The van der Waals surface area contributed by atoms with E-state index in [9.17, 15) is 4.79 Å². The number of allylic oxidation sites excluding steroid dienone is 2. The lowest BCUT2D eigenvalue weighted by Gasteiger charge is -2.29. The van der Waals surface area contributed by atoms with Crippen LogP contribution in [-0.4, -0.2) is 31.6 Å². The Bertz CT molecular complexity index is 300. The quantitative estimate of drug-likeness (QED) is 0.558. The van der Waals surface area contributed by atoms with E-state index < -0.39 is 0 Å². The second-order valence-electron chi connectivity index (χ2n) is 4.85. The van der Waals surface area contributed by atoms with Crippen molar-refractivity contribution in [2.24, 2.45) is 11.8 Å². The summed E-state index contributed by atoms with van der Waals surface area (Å²) in [4.78, 5) is 10.7. The minimum Gasteiger partial charge on any atom is -0.463 e. The molecule has 0 saturated carbocycles. The number of hydrogen-bond donors (Lipinski definition) is 0. The molecule has 0 bridgehead atoms. The van der Waals surface area contributed by atoms with Crippen LogP contribution in [0.4, 0.5) is 0 Å². The van der Waals surface area contributed by atoms with E-state index in [1.54, 1.807) is 0 Å². The van der Waals surface area contributed by atoms with E-state index in [1.807, 2.05) is 0 Å². The lowest BCUT2D eigenvalue weighted by molar-refractivity contribution is -0.148. The Balaban J connectivity index is 1.80. The van der Waals surface area contributed by atoms with Crippen molar-refractivity contribution in [1.82, 2.24) is 0 Å². The summed E-state index contributed by atoms with van der Waals surface area (Å²) in [7, 11) is 0. The van der Waals surface area contributed by atoms with E-state index in [4.69, 9.17) is 14.2 Å². The van der Waals surface area contributed by atoms with Crippen LogP contribution in [0.3, 0.4) is 0 Å². The molecular formula is C13H20O4. The molecule has 0 radical (unpaired) electrons. The van der Waals surface area contributed by atoms with Crippen molar-refractivity contribution in [3.8, 4) is 0 Å². The van der Waals surface area contributed by atoms with Gasteiger partial charge >= 0.3 is 5.97 Å². The summed E-state index contributed by atoms with van der Waals surface area (Å²) in [5.41, 5.74) is 0. The standard InChI is InChI=1S/C13H20O4/c1-9-5-3-4-6-12(9)13-16-8-11(17-13)7-15-10(2)14/h3-4,9,11-13H,5-8H2,1-2H3/t9-,11+,12+,13-/m1/s1. The molecule has 1 aliphatic carbocycles. The summed E-state index contributed by atoms with van der Waals surface area (Å²) in [5.74, 6) is 0.728. The molecule has 0 N–H and O–H groups in total. The SMILES string of the molecule is CC(=O)OC[C@H]1CO[C@@H]([C@H]2CC=CC[C@H]2C)O1. The molecule has 4 heteroatoms. The van der Waals surface area contributed by atoms with Gasteiger partial charge < -0.3 is 14.2 Å². The molecule has 17 heavy (non-hydrogen) atoms. The average Bonchev–Trinajstić information content (AvgIpc) is 2.75. The van der Waals surface area contributed by atoms with Crippen LogP contribution in [0.1, 0.15) is 26.7 Å². The van der Waals surface area contributed by atoms with Gasteiger partial charge in [0.2, 0.25) is 0 Å². The second-order valence-corrected chi connectivity index (χ2v) is 4.85. The normalized spacial score (nSPS) is 37.1. The van der Waals surface area contributed by atoms with Crippen LogP contribution in [-0.2, 0) is 19.0 Å². The van der Waals surface area contributed by atoms with Crippen molar-refractivity contribution >= 4 is 5.97 Å². The largest absolute Gasteiger partial charge is 0.463 e. The molecule has 0 aromatic rings. The highest BCUT2D eigenvalue weighted by atomic mass is 16.7. The number of rotatable bonds is 3. The van der Waals surface area contributed by atoms with E-state index in [2.05, 4.69) is 19.1 Å². The third-order valence-electron chi connectivity index (χ3n) is 3.41. The summed E-state index contributed by atoms with van der Waals surface area (Å²) >= 11 is 0. The van der Waals surface area contributed by atoms with Crippen molar-refractivity contribution in [2.45, 2.75) is 39.1 Å². The predicted molar refractivity (Wildman–Crippen MR) is 62.3 cm³/mol. The van der Waals surface area contributed by atoms with Gasteiger partial charge in [0.1, 0.15) is 12.7 Å². The molecule has 0 amide bonds. The third-order valence-corrected chi connectivity index (χ3v) is 3.41. The van der Waals surface area contributed by atoms with E-state index in [0.717, 1.165) is 12.8 Å². The molecule has 1 saturated heterocycles. The molecule has 4 atom stereocenters. The molecule has 2 aliphatic rings. The Hall–Kier alpha value is -0.870. The Morgan fingerprint density at radius 2 is 2.18 bits per heavy atom. The molecule has 0 aromatic carbocycles. The lowest BCUT2D eigenvalue weighted by Crippen LogP contribution is -2.29. The van der Waals surface area contributed by atoms with Crippen molar-refractivity contribution in [3.63, 3.8) is 0 Å². The van der Waals surface area contributed by atoms with E-state index in [-0.39, 0.29) is 18.4 Å². The topological polar surface area (TPSA) is 44.8 Å². The fourth-order valence-electron chi connectivity index (χ4n) is 2.34. The zero-order chi connectivity index (χ0) is 12.3. The van der Waals surface area contributed by atoms with E-state index in [0.29, 0.717) is 25.0 Å². The highest BCUT2D eigenvalue weighted by Crippen LogP contribution is 2.32. The zero-order valence-corrected chi connectivity index (χ0v) is 10.4. The maximum absolute atomic E-state index is 10.7. The third kappa shape index (κ3) is 3.30. The predicted octanol–water partition coefficient (Wildman–Crippen LogP) is 1.89. The van der Waals surface area contributed by atoms with Gasteiger partial charge in [-0.2, -0.15) is 0 Å². The van der Waals surface area contributed by atoms with Gasteiger partial charge in [-0.1, -0.05) is 19.1 Å². The van der Waals surface area contributed by atoms with Crippen molar-refractivity contribution in [2.75, 3.05) is 13.2 Å². The van der Waals surface area contributed by atoms with E-state index >= 15 is 0 Å². The number of ether oxygens (including phenoxy) is 3.